The molecule has 0 saturated carbocycles. The molecule has 126 valence electrons. The fourth-order valence-corrected chi connectivity index (χ4v) is 3.66. The summed E-state index contributed by atoms with van der Waals surface area (Å²) in [5, 5.41) is 0.639. The maximum Gasteiger partial charge on any atom is 0.203 e. The predicted octanol–water partition coefficient (Wildman–Crippen LogP) is 4.01. The molecule has 0 aromatic heterocycles. The first kappa shape index (κ1) is 16.7. The molecule has 0 N–H and O–H groups in total. The lowest BCUT2D eigenvalue weighted by atomic mass is 9.77. The molecular weight excluding hydrogens is 328 g/mol. The van der Waals surface area contributed by atoms with Gasteiger partial charge in [0.2, 0.25) is 5.75 Å². The van der Waals surface area contributed by atoms with E-state index in [2.05, 4.69) is 0 Å². The van der Waals surface area contributed by atoms with Crippen LogP contribution < -0.4 is 14.2 Å². The number of fused-ring (bicyclic) bond motifs is 1. The van der Waals surface area contributed by atoms with Crippen molar-refractivity contribution in [3.8, 4) is 17.2 Å². The molecule has 0 bridgehead atoms. The highest BCUT2D eigenvalue weighted by Crippen LogP contribution is 2.50. The number of carbonyl (C=O) groups excluding carboxylic acids is 1. The standard InChI is InChI=1S/C19H19ClO4/c1-22-16-9-11-8-12(21)10-14(13-6-4-5-7-15(13)20)17(11)19(24-3)18(16)23-2/h4-7,9,14H,8,10H2,1-3H3. The Bertz CT molecular complexity index is 785. The first-order valence-electron chi connectivity index (χ1n) is 7.68. The summed E-state index contributed by atoms with van der Waals surface area (Å²) in [7, 11) is 4.74. The van der Waals surface area contributed by atoms with E-state index in [9.17, 15) is 4.79 Å². The lowest BCUT2D eigenvalue weighted by Crippen LogP contribution is -2.21. The zero-order chi connectivity index (χ0) is 17.3. The molecule has 24 heavy (non-hydrogen) atoms. The van der Waals surface area contributed by atoms with Crippen LogP contribution in [0, 0.1) is 0 Å². The number of ether oxygens (including phenoxy) is 3. The van der Waals surface area contributed by atoms with Crippen LogP contribution in [0.4, 0.5) is 0 Å². The van der Waals surface area contributed by atoms with Crippen molar-refractivity contribution in [1.82, 2.24) is 0 Å². The van der Waals surface area contributed by atoms with Gasteiger partial charge in [0.05, 0.1) is 21.3 Å². The molecule has 0 radical (unpaired) electrons. The Kier molecular flexibility index (Phi) is 4.67. The van der Waals surface area contributed by atoms with Crippen molar-refractivity contribution in [1.29, 1.82) is 0 Å². The minimum Gasteiger partial charge on any atom is -0.493 e. The van der Waals surface area contributed by atoms with Crippen LogP contribution in [0.1, 0.15) is 29.0 Å². The normalized spacial score (nSPS) is 16.5. The van der Waals surface area contributed by atoms with Gasteiger partial charge in [-0.2, -0.15) is 0 Å². The molecule has 0 aliphatic heterocycles. The highest BCUT2D eigenvalue weighted by molar-refractivity contribution is 6.31. The van der Waals surface area contributed by atoms with Gasteiger partial charge in [0.15, 0.2) is 11.5 Å². The molecule has 3 rings (SSSR count). The first-order chi connectivity index (χ1) is 11.6. The Morgan fingerprint density at radius 1 is 1.04 bits per heavy atom. The van der Waals surface area contributed by atoms with Crippen molar-refractivity contribution in [2.45, 2.75) is 18.8 Å². The number of ketones is 1. The Morgan fingerprint density at radius 2 is 1.75 bits per heavy atom. The van der Waals surface area contributed by atoms with Crippen molar-refractivity contribution in [3.05, 3.63) is 52.0 Å². The highest BCUT2D eigenvalue weighted by atomic mass is 35.5. The number of rotatable bonds is 4. The third kappa shape index (κ3) is 2.71. The number of halogens is 1. The van der Waals surface area contributed by atoms with Gasteiger partial charge in [-0.15, -0.1) is 0 Å². The van der Waals surface area contributed by atoms with Crippen LogP contribution in [-0.4, -0.2) is 27.1 Å². The molecule has 0 fully saturated rings. The van der Waals surface area contributed by atoms with Crippen LogP contribution in [0.3, 0.4) is 0 Å². The van der Waals surface area contributed by atoms with Gasteiger partial charge in [-0.3, -0.25) is 4.79 Å². The van der Waals surface area contributed by atoms with Gasteiger partial charge in [0, 0.05) is 29.3 Å². The van der Waals surface area contributed by atoms with Gasteiger partial charge in [-0.25, -0.2) is 0 Å². The van der Waals surface area contributed by atoms with E-state index in [0.29, 0.717) is 35.1 Å². The number of benzene rings is 2. The van der Waals surface area contributed by atoms with Crippen LogP contribution in [0.25, 0.3) is 0 Å². The van der Waals surface area contributed by atoms with E-state index in [1.807, 2.05) is 30.3 Å². The fourth-order valence-electron chi connectivity index (χ4n) is 3.39. The molecule has 0 heterocycles. The molecule has 1 unspecified atom stereocenters. The quantitative estimate of drug-likeness (QED) is 0.839. The van der Waals surface area contributed by atoms with Gasteiger partial charge in [-0.05, 0) is 23.3 Å². The third-order valence-corrected chi connectivity index (χ3v) is 4.75. The van der Waals surface area contributed by atoms with Crippen molar-refractivity contribution >= 4 is 17.4 Å². The van der Waals surface area contributed by atoms with Gasteiger partial charge < -0.3 is 14.2 Å². The summed E-state index contributed by atoms with van der Waals surface area (Å²) in [5.74, 6) is 1.70. The number of Topliss-reactive ketones (excluding diaryl/α,β-unsaturated/α-hetero) is 1. The lowest BCUT2D eigenvalue weighted by molar-refractivity contribution is -0.119. The molecule has 0 spiro atoms. The van der Waals surface area contributed by atoms with Crippen molar-refractivity contribution in [2.75, 3.05) is 21.3 Å². The van der Waals surface area contributed by atoms with E-state index in [-0.39, 0.29) is 11.7 Å². The summed E-state index contributed by atoms with van der Waals surface area (Å²) in [6.07, 6.45) is 0.746. The van der Waals surface area contributed by atoms with Crippen LogP contribution in [-0.2, 0) is 11.2 Å². The lowest BCUT2D eigenvalue weighted by Gasteiger charge is -2.29. The van der Waals surface area contributed by atoms with Gasteiger partial charge in [-0.1, -0.05) is 29.8 Å². The van der Waals surface area contributed by atoms with Crippen LogP contribution in [0.5, 0.6) is 17.2 Å². The summed E-state index contributed by atoms with van der Waals surface area (Å²) < 4.78 is 16.5. The molecule has 0 amide bonds. The summed E-state index contributed by atoms with van der Waals surface area (Å²) in [6, 6.07) is 9.45. The number of carbonyl (C=O) groups is 1. The molecule has 1 atom stereocenters. The molecule has 1 aliphatic carbocycles. The van der Waals surface area contributed by atoms with E-state index in [4.69, 9.17) is 25.8 Å². The second-order valence-corrected chi connectivity index (χ2v) is 6.12. The smallest absolute Gasteiger partial charge is 0.203 e. The summed E-state index contributed by atoms with van der Waals surface area (Å²) in [6.45, 7) is 0. The Balaban J connectivity index is 2.28. The minimum atomic E-state index is -0.162. The SMILES string of the molecule is COc1cc2c(c(OC)c1OC)C(c1ccccc1Cl)CC(=O)C2. The van der Waals surface area contributed by atoms with E-state index >= 15 is 0 Å². The van der Waals surface area contributed by atoms with Gasteiger partial charge >= 0.3 is 0 Å². The average molecular weight is 347 g/mol. The molecule has 2 aromatic rings. The second-order valence-electron chi connectivity index (χ2n) is 5.71. The number of hydrogen-bond acceptors (Lipinski definition) is 4. The Hall–Kier alpha value is -2.20. The highest BCUT2D eigenvalue weighted by Gasteiger charge is 2.34. The summed E-state index contributed by atoms with van der Waals surface area (Å²) in [5.41, 5.74) is 2.76. The molecular formula is C19H19ClO4. The summed E-state index contributed by atoms with van der Waals surface area (Å²) in [4.78, 5) is 12.3. The zero-order valence-corrected chi connectivity index (χ0v) is 14.6. The van der Waals surface area contributed by atoms with E-state index in [1.54, 1.807) is 21.3 Å². The maximum atomic E-state index is 12.3. The van der Waals surface area contributed by atoms with Crippen molar-refractivity contribution in [3.63, 3.8) is 0 Å². The molecule has 4 nitrogen and oxygen atoms in total. The molecule has 5 heteroatoms. The number of hydrogen-bond donors (Lipinski definition) is 0. The van der Waals surface area contributed by atoms with E-state index in [1.165, 1.54) is 0 Å². The molecule has 2 aromatic carbocycles. The summed E-state index contributed by atoms with van der Waals surface area (Å²) >= 11 is 6.39. The van der Waals surface area contributed by atoms with E-state index in [0.717, 1.165) is 16.7 Å². The van der Waals surface area contributed by atoms with E-state index < -0.39 is 0 Å². The predicted molar refractivity (Wildman–Crippen MR) is 92.7 cm³/mol. The van der Waals surface area contributed by atoms with Gasteiger partial charge in [0.1, 0.15) is 5.78 Å². The third-order valence-electron chi connectivity index (χ3n) is 4.40. The van der Waals surface area contributed by atoms with Crippen LogP contribution >= 0.6 is 11.6 Å². The molecule has 0 saturated heterocycles. The van der Waals surface area contributed by atoms with Gasteiger partial charge in [0.25, 0.3) is 0 Å². The molecule has 1 aliphatic rings. The Labute approximate surface area is 146 Å². The minimum absolute atomic E-state index is 0.162. The fraction of sp³-hybridized carbons (Fsp3) is 0.316. The van der Waals surface area contributed by atoms with Crippen molar-refractivity contribution < 1.29 is 19.0 Å². The largest absolute Gasteiger partial charge is 0.493 e. The monoisotopic (exact) mass is 346 g/mol. The first-order valence-corrected chi connectivity index (χ1v) is 8.06. The topological polar surface area (TPSA) is 44.8 Å². The van der Waals surface area contributed by atoms with Crippen molar-refractivity contribution in [2.24, 2.45) is 0 Å². The zero-order valence-electron chi connectivity index (χ0n) is 13.9. The maximum absolute atomic E-state index is 12.3. The Morgan fingerprint density at radius 3 is 2.38 bits per heavy atom. The second kappa shape index (κ2) is 6.73. The van der Waals surface area contributed by atoms with Crippen LogP contribution in [0.2, 0.25) is 5.02 Å². The number of methoxy groups -OCH3 is 3. The average Bonchev–Trinajstić information content (AvgIpc) is 2.59. The van der Waals surface area contributed by atoms with Crippen LogP contribution in [0.15, 0.2) is 30.3 Å².